The van der Waals surface area contributed by atoms with E-state index < -0.39 is 7.72 Å². The molecule has 0 aromatic rings. The van der Waals surface area contributed by atoms with E-state index in [1.54, 1.807) is 6.42 Å². The van der Waals surface area contributed by atoms with Crippen LogP contribution in [0.2, 0.25) is 42.6 Å². The van der Waals surface area contributed by atoms with Crippen molar-refractivity contribution in [3.63, 3.8) is 0 Å². The third-order valence-electron chi connectivity index (χ3n) is 19.4. The standard InChI is InChI=1S/C9H13.C7H9.Ru/c1-6-5-7(2)9(4)8(6)3;1-2-7-5-3-4-6-7;/h5H,1-4H3;3-6H,2H2,1H3;. The van der Waals surface area contributed by atoms with E-state index in [0.717, 1.165) is 20.0 Å². The number of hydrogen-bond donors (Lipinski definition) is 0. The summed E-state index contributed by atoms with van der Waals surface area (Å²) in [7, 11) is -3.47. The summed E-state index contributed by atoms with van der Waals surface area (Å²) in [5, 5.41) is 0. The molecule has 10 rings (SSSR count). The Bertz CT molecular complexity index is 1080. The molecule has 1 heteroatoms. The molecule has 0 N–H and O–H groups in total. The Labute approximate surface area is 91.2 Å². The Balaban J connectivity index is 1.90. The van der Waals surface area contributed by atoms with Crippen molar-refractivity contribution in [2.75, 3.05) is 0 Å². The first kappa shape index (κ1) is 6.87. The van der Waals surface area contributed by atoms with Gasteiger partial charge in [0.15, 0.2) is 0 Å². The summed E-state index contributed by atoms with van der Waals surface area (Å²) in [6, 6.07) is 0. The van der Waals surface area contributed by atoms with Gasteiger partial charge in [-0.15, -0.1) is 0 Å². The summed E-state index contributed by atoms with van der Waals surface area (Å²) in [6.45, 7) is 14.1. The monoisotopic (exact) mass is 316 g/mol. The number of rotatable bonds is 1. The first-order valence-corrected chi connectivity index (χ1v) is 17.2. The van der Waals surface area contributed by atoms with Gasteiger partial charge in [-0.1, -0.05) is 0 Å². The van der Waals surface area contributed by atoms with Crippen molar-refractivity contribution in [2.45, 2.75) is 83.6 Å². The summed E-state index contributed by atoms with van der Waals surface area (Å²) in [6.07, 6.45) is 1.63. The predicted molar refractivity (Wildman–Crippen MR) is 65.2 cm³/mol. The topological polar surface area (TPSA) is 0 Å². The van der Waals surface area contributed by atoms with Gasteiger partial charge in [-0.05, 0) is 0 Å². The maximum atomic E-state index is 2.87. The van der Waals surface area contributed by atoms with Crippen LogP contribution in [0.4, 0.5) is 0 Å². The Kier molecular flexibility index (Phi) is 0.195. The van der Waals surface area contributed by atoms with Gasteiger partial charge in [0.25, 0.3) is 0 Å². The van der Waals surface area contributed by atoms with Crippen LogP contribution < -0.4 is 0 Å². The zero-order valence-corrected chi connectivity index (χ0v) is 13.2. The molecule has 0 nitrogen and oxygen atoms in total. The van der Waals surface area contributed by atoms with E-state index in [-0.39, 0.29) is 0 Å². The molecule has 10 heterocycles. The van der Waals surface area contributed by atoms with Gasteiger partial charge >= 0.3 is 91.4 Å². The fraction of sp³-hybridized carbons (Fsp3) is 1.00. The Morgan fingerprint density at radius 2 is 1.35 bits per heavy atom. The van der Waals surface area contributed by atoms with Crippen molar-refractivity contribution >= 4 is 0 Å². The molecule has 94 valence electrons. The van der Waals surface area contributed by atoms with E-state index >= 15 is 0 Å². The second-order valence-electron chi connectivity index (χ2n) is 11.9. The molecule has 0 saturated carbocycles. The first-order valence-electron chi connectivity index (χ1n) is 7.87. The van der Waals surface area contributed by atoms with Gasteiger partial charge in [0.05, 0.1) is 0 Å². The molecule has 8 unspecified atom stereocenters. The molecule has 0 aromatic heterocycles. The Morgan fingerprint density at radius 1 is 0.882 bits per heavy atom. The van der Waals surface area contributed by atoms with Gasteiger partial charge in [0, 0.05) is 0 Å². The average Bonchev–Trinajstić information content (AvgIpc) is 3.25. The molecule has 10 saturated heterocycles. The number of hydrogen-bond acceptors (Lipinski definition) is 0. The Hall–Kier alpha value is 0.623. The van der Waals surface area contributed by atoms with Crippen LogP contribution in [0.25, 0.3) is 0 Å². The maximum absolute atomic E-state index is 3.47. The van der Waals surface area contributed by atoms with Gasteiger partial charge in [-0.25, -0.2) is 0 Å². The molecular formula is C16H22Ru. The normalized spacial score (nSPS) is 137. The van der Waals surface area contributed by atoms with Gasteiger partial charge in [0.2, 0.25) is 0 Å². The van der Waals surface area contributed by atoms with Crippen LogP contribution in [0.1, 0.15) is 41.0 Å². The van der Waals surface area contributed by atoms with Crippen LogP contribution in [-0.4, -0.2) is 0 Å². The molecule has 0 aromatic carbocycles. The third kappa shape index (κ3) is 0.0482. The molecule has 10 fully saturated rings. The third-order valence-corrected chi connectivity index (χ3v) is 98.2. The molecule has 8 atom stereocenters. The van der Waals surface area contributed by atoms with E-state index in [1.165, 1.54) is 22.6 Å². The van der Waals surface area contributed by atoms with E-state index in [2.05, 4.69) is 34.6 Å². The SMILES string of the molecule is CC[C]12[CH]3[CH]4[CH]5[CH]1[Ru]45321678[CH]2[C]1(C)[C]6(C)[C]7(C)[C]28C. The van der Waals surface area contributed by atoms with Crippen molar-refractivity contribution in [1.82, 2.24) is 0 Å². The summed E-state index contributed by atoms with van der Waals surface area (Å²) >= 11 is 0. The molecule has 0 aliphatic carbocycles. The summed E-state index contributed by atoms with van der Waals surface area (Å²) in [4.78, 5) is 0. The van der Waals surface area contributed by atoms with Crippen LogP contribution in [0.3, 0.4) is 0 Å². The van der Waals surface area contributed by atoms with Crippen LogP contribution in [0.5, 0.6) is 0 Å². The van der Waals surface area contributed by atoms with Crippen LogP contribution in [0.15, 0.2) is 0 Å². The van der Waals surface area contributed by atoms with Crippen molar-refractivity contribution < 1.29 is 7.72 Å². The van der Waals surface area contributed by atoms with Gasteiger partial charge in [0.1, 0.15) is 0 Å². The minimum atomic E-state index is -3.47. The molecule has 0 amide bonds. The van der Waals surface area contributed by atoms with E-state index in [0.29, 0.717) is 0 Å². The Morgan fingerprint density at radius 3 is 1.41 bits per heavy atom. The van der Waals surface area contributed by atoms with Gasteiger partial charge in [-0.3, -0.25) is 0 Å². The molecule has 0 radical (unpaired) electrons. The first-order chi connectivity index (χ1) is 7.67. The van der Waals surface area contributed by atoms with Crippen molar-refractivity contribution in [3.8, 4) is 0 Å². The molecule has 1 spiro atoms. The summed E-state index contributed by atoms with van der Waals surface area (Å²) in [5.41, 5.74) is 0. The van der Waals surface area contributed by atoms with Crippen molar-refractivity contribution in [1.29, 1.82) is 0 Å². The fourth-order valence-corrected chi connectivity index (χ4v) is 177. The van der Waals surface area contributed by atoms with Crippen LogP contribution in [-0.2, 0) is 7.72 Å². The van der Waals surface area contributed by atoms with E-state index in [4.69, 9.17) is 0 Å². The summed E-state index contributed by atoms with van der Waals surface area (Å²) < 4.78 is 12.4. The molecule has 10 aliphatic rings. The van der Waals surface area contributed by atoms with Crippen LogP contribution in [0, 0.1) is 0 Å². The summed E-state index contributed by atoms with van der Waals surface area (Å²) in [5.74, 6) is 0. The van der Waals surface area contributed by atoms with E-state index in [9.17, 15) is 0 Å². The predicted octanol–water partition coefficient (Wildman–Crippen LogP) is 5.72. The fourth-order valence-electron chi connectivity index (χ4n) is 23.6. The quantitative estimate of drug-likeness (QED) is 0.543. The van der Waals surface area contributed by atoms with Crippen LogP contribution >= 0.6 is 0 Å². The molecular weight excluding hydrogens is 293 g/mol. The van der Waals surface area contributed by atoms with Crippen molar-refractivity contribution in [2.24, 2.45) is 0 Å². The second-order valence-corrected chi connectivity index (χ2v) is 48.8. The number of fused-ring (bicyclic) bond motifs is 10. The zero-order chi connectivity index (χ0) is 11.4. The average molecular weight is 315 g/mol. The van der Waals surface area contributed by atoms with Gasteiger partial charge in [-0.2, -0.15) is 0 Å². The van der Waals surface area contributed by atoms with Gasteiger partial charge < -0.3 is 0 Å². The minimum absolute atomic E-state index is 1.01. The molecule has 0 bridgehead atoms. The molecule has 10 aliphatic heterocycles. The van der Waals surface area contributed by atoms with E-state index in [1.807, 2.05) is 0 Å². The molecule has 17 heavy (non-hydrogen) atoms. The second kappa shape index (κ2) is 0.483. The van der Waals surface area contributed by atoms with Crippen molar-refractivity contribution in [3.05, 3.63) is 0 Å². The zero-order valence-electron chi connectivity index (χ0n) is 11.4.